The van der Waals surface area contributed by atoms with Crippen LogP contribution < -0.4 is 11.1 Å². The van der Waals surface area contributed by atoms with Crippen LogP contribution in [0.3, 0.4) is 0 Å². The molecule has 0 spiro atoms. The molecule has 0 bridgehead atoms. The zero-order valence-corrected chi connectivity index (χ0v) is 12.1. The van der Waals surface area contributed by atoms with E-state index in [0.717, 1.165) is 17.7 Å². The van der Waals surface area contributed by atoms with Crippen LogP contribution in [0.15, 0.2) is 23.4 Å². The van der Waals surface area contributed by atoms with E-state index in [1.54, 1.807) is 12.4 Å². The summed E-state index contributed by atoms with van der Waals surface area (Å²) < 4.78 is 0. The smallest absolute Gasteiger partial charge is 0.233 e. The number of rotatable bonds is 4. The maximum absolute atomic E-state index is 12.1. The second-order valence-electron chi connectivity index (χ2n) is 5.02. The monoisotopic (exact) mass is 279 g/mol. The molecule has 1 aromatic heterocycles. The maximum atomic E-state index is 12.1. The van der Waals surface area contributed by atoms with E-state index >= 15 is 0 Å². The van der Waals surface area contributed by atoms with Crippen LogP contribution in [0.4, 0.5) is 5.69 Å². The molecule has 1 atom stereocenters. The van der Waals surface area contributed by atoms with Gasteiger partial charge in [-0.1, -0.05) is 19.3 Å². The summed E-state index contributed by atoms with van der Waals surface area (Å²) in [4.78, 5) is 17.0. The Morgan fingerprint density at radius 2 is 2.21 bits per heavy atom. The Hall–Kier alpha value is -1.23. The third kappa shape index (κ3) is 4.13. The number of amides is 1. The van der Waals surface area contributed by atoms with Gasteiger partial charge in [0.25, 0.3) is 0 Å². The normalized spacial score (nSPS) is 17.9. The molecule has 0 aliphatic heterocycles. The average molecular weight is 279 g/mol. The number of nitrogens with zero attached hydrogens (tertiary/aromatic N) is 1. The number of thioether (sulfide) groups is 1. The quantitative estimate of drug-likeness (QED) is 0.831. The van der Waals surface area contributed by atoms with Gasteiger partial charge in [0.1, 0.15) is 0 Å². The summed E-state index contributed by atoms with van der Waals surface area (Å²) >= 11 is 1.49. The van der Waals surface area contributed by atoms with Crippen molar-refractivity contribution in [2.45, 2.75) is 55.2 Å². The number of aromatic nitrogens is 1. The Morgan fingerprint density at radius 3 is 2.89 bits per heavy atom. The van der Waals surface area contributed by atoms with Crippen LogP contribution in [0.2, 0.25) is 0 Å². The lowest BCUT2D eigenvalue weighted by Gasteiger charge is -2.24. The minimum Gasteiger partial charge on any atom is -0.397 e. The Morgan fingerprint density at radius 1 is 1.47 bits per heavy atom. The summed E-state index contributed by atoms with van der Waals surface area (Å²) in [5.41, 5.74) is 6.47. The van der Waals surface area contributed by atoms with Crippen molar-refractivity contribution in [3.63, 3.8) is 0 Å². The minimum absolute atomic E-state index is 0.105. The first-order chi connectivity index (χ1) is 9.16. The number of hydrogen-bond acceptors (Lipinski definition) is 4. The molecule has 0 saturated heterocycles. The number of nitrogen functional groups attached to an aromatic ring is 1. The SMILES string of the molecule is CC(Sc1ccncc1N)C(=O)NC1CCCCC1. The average Bonchev–Trinajstić information content (AvgIpc) is 2.42. The van der Waals surface area contributed by atoms with Gasteiger partial charge in [-0.2, -0.15) is 0 Å². The van der Waals surface area contributed by atoms with Crippen LogP contribution in [0.1, 0.15) is 39.0 Å². The van der Waals surface area contributed by atoms with Crippen LogP contribution in [0, 0.1) is 0 Å². The molecule has 3 N–H and O–H groups in total. The number of anilines is 1. The fraction of sp³-hybridized carbons (Fsp3) is 0.571. The van der Waals surface area contributed by atoms with Crippen molar-refractivity contribution >= 4 is 23.4 Å². The molecular weight excluding hydrogens is 258 g/mol. The number of nitrogens with one attached hydrogen (secondary N) is 1. The van der Waals surface area contributed by atoms with Crippen molar-refractivity contribution in [3.05, 3.63) is 18.5 Å². The molecule has 1 aliphatic rings. The van der Waals surface area contributed by atoms with Gasteiger partial charge in [0, 0.05) is 17.1 Å². The zero-order chi connectivity index (χ0) is 13.7. The van der Waals surface area contributed by atoms with Crippen LogP contribution in [0.25, 0.3) is 0 Å². The summed E-state index contributed by atoms with van der Waals surface area (Å²) in [5, 5.41) is 3.01. The largest absolute Gasteiger partial charge is 0.397 e. The highest BCUT2D eigenvalue weighted by atomic mass is 32.2. The van der Waals surface area contributed by atoms with Crippen LogP contribution >= 0.6 is 11.8 Å². The van der Waals surface area contributed by atoms with Crippen molar-refractivity contribution in [2.24, 2.45) is 0 Å². The topological polar surface area (TPSA) is 68.0 Å². The van der Waals surface area contributed by atoms with Gasteiger partial charge < -0.3 is 11.1 Å². The lowest BCUT2D eigenvalue weighted by atomic mass is 9.95. The van der Waals surface area contributed by atoms with Gasteiger partial charge in [-0.25, -0.2) is 0 Å². The van der Waals surface area contributed by atoms with E-state index in [9.17, 15) is 4.79 Å². The van der Waals surface area contributed by atoms with E-state index in [-0.39, 0.29) is 11.2 Å². The highest BCUT2D eigenvalue weighted by Gasteiger charge is 2.20. The van der Waals surface area contributed by atoms with Gasteiger partial charge in [-0.3, -0.25) is 9.78 Å². The Kier molecular flexibility index (Phi) is 5.07. The molecule has 1 amide bonds. The van der Waals surface area contributed by atoms with Gasteiger partial charge in [0.15, 0.2) is 0 Å². The summed E-state index contributed by atoms with van der Waals surface area (Å²) in [6, 6.07) is 2.21. The van der Waals surface area contributed by atoms with Gasteiger partial charge in [-0.05, 0) is 25.8 Å². The maximum Gasteiger partial charge on any atom is 0.233 e. The predicted octanol–water partition coefficient (Wildman–Crippen LogP) is 2.59. The van der Waals surface area contributed by atoms with Crippen molar-refractivity contribution in [3.8, 4) is 0 Å². The summed E-state index contributed by atoms with van der Waals surface area (Å²) in [5.74, 6) is 0.105. The van der Waals surface area contributed by atoms with E-state index in [0.29, 0.717) is 11.7 Å². The molecule has 2 rings (SSSR count). The van der Waals surface area contributed by atoms with Crippen molar-refractivity contribution in [1.82, 2.24) is 10.3 Å². The molecule has 1 aromatic rings. The molecule has 1 fully saturated rings. The summed E-state index contributed by atoms with van der Waals surface area (Å²) in [7, 11) is 0. The molecule has 0 aromatic carbocycles. The van der Waals surface area contributed by atoms with E-state index in [1.807, 2.05) is 13.0 Å². The second-order valence-corrected chi connectivity index (χ2v) is 6.40. The highest BCUT2D eigenvalue weighted by Crippen LogP contribution is 2.28. The summed E-state index contributed by atoms with van der Waals surface area (Å²) in [6.07, 6.45) is 9.29. The molecule has 5 heteroatoms. The lowest BCUT2D eigenvalue weighted by Crippen LogP contribution is -2.40. The molecule has 4 nitrogen and oxygen atoms in total. The fourth-order valence-corrected chi connectivity index (χ4v) is 3.19. The molecule has 1 heterocycles. The Balaban J connectivity index is 1.87. The third-order valence-corrected chi connectivity index (χ3v) is 4.63. The van der Waals surface area contributed by atoms with Crippen molar-refractivity contribution < 1.29 is 4.79 Å². The molecule has 19 heavy (non-hydrogen) atoms. The first-order valence-corrected chi connectivity index (χ1v) is 7.71. The number of nitrogens with two attached hydrogens (primary N) is 1. The van der Waals surface area contributed by atoms with Gasteiger partial charge in [0.2, 0.25) is 5.91 Å². The third-order valence-electron chi connectivity index (χ3n) is 3.43. The first-order valence-electron chi connectivity index (χ1n) is 6.83. The van der Waals surface area contributed by atoms with Crippen LogP contribution in [-0.2, 0) is 4.79 Å². The highest BCUT2D eigenvalue weighted by molar-refractivity contribution is 8.00. The first kappa shape index (κ1) is 14.2. The Bertz CT molecular complexity index is 432. The zero-order valence-electron chi connectivity index (χ0n) is 11.3. The fourth-order valence-electron chi connectivity index (χ4n) is 2.31. The van der Waals surface area contributed by atoms with Crippen LogP contribution in [0.5, 0.6) is 0 Å². The lowest BCUT2D eigenvalue weighted by molar-refractivity contribution is -0.121. The number of pyridine rings is 1. The summed E-state index contributed by atoms with van der Waals surface area (Å²) in [6.45, 7) is 1.92. The predicted molar refractivity (Wildman–Crippen MR) is 79.0 cm³/mol. The minimum atomic E-state index is -0.133. The number of carbonyl (C=O) groups excluding carboxylic acids is 1. The molecular formula is C14H21N3OS. The van der Waals surface area contributed by atoms with Crippen molar-refractivity contribution in [2.75, 3.05) is 5.73 Å². The standard InChI is InChI=1S/C14H21N3OS/c1-10(19-13-7-8-16-9-12(13)15)14(18)17-11-5-3-2-4-6-11/h7-11H,2-6,15H2,1H3,(H,17,18). The van der Waals surface area contributed by atoms with Gasteiger partial charge in [0.05, 0.1) is 17.1 Å². The second kappa shape index (κ2) is 6.80. The number of carbonyl (C=O) groups is 1. The molecule has 104 valence electrons. The van der Waals surface area contributed by atoms with Crippen LogP contribution in [-0.4, -0.2) is 22.2 Å². The van der Waals surface area contributed by atoms with Gasteiger partial charge in [-0.15, -0.1) is 11.8 Å². The van der Waals surface area contributed by atoms with E-state index in [4.69, 9.17) is 5.73 Å². The molecule has 1 unspecified atom stereocenters. The Labute approximate surface area is 118 Å². The van der Waals surface area contributed by atoms with Crippen molar-refractivity contribution in [1.29, 1.82) is 0 Å². The van der Waals surface area contributed by atoms with E-state index in [1.165, 1.54) is 31.0 Å². The molecule has 0 radical (unpaired) electrons. The van der Waals surface area contributed by atoms with Gasteiger partial charge >= 0.3 is 0 Å². The molecule has 1 aliphatic carbocycles. The number of hydrogen-bond donors (Lipinski definition) is 2. The van der Waals surface area contributed by atoms with E-state index in [2.05, 4.69) is 10.3 Å². The molecule has 1 saturated carbocycles. The van der Waals surface area contributed by atoms with E-state index < -0.39 is 0 Å².